The molecular weight excluding hydrogens is 233 g/mol. The average Bonchev–Trinajstić information content (AvgIpc) is 2.27. The highest BCUT2D eigenvalue weighted by Crippen LogP contribution is 2.32. The Balaban J connectivity index is 3.10. The van der Waals surface area contributed by atoms with Gasteiger partial charge >= 0.3 is 6.18 Å². The van der Waals surface area contributed by atoms with Crippen molar-refractivity contribution >= 4 is 5.91 Å². The van der Waals surface area contributed by atoms with Crippen LogP contribution in [0.15, 0.2) is 24.3 Å². The van der Waals surface area contributed by atoms with Gasteiger partial charge in [0, 0.05) is 20.1 Å². The molecule has 1 rings (SSSR count). The third kappa shape index (κ3) is 3.20. The number of nitrogens with zero attached hydrogens (tertiary/aromatic N) is 1. The Labute approximate surface area is 97.0 Å². The van der Waals surface area contributed by atoms with Crippen molar-refractivity contribution in [2.75, 3.05) is 20.1 Å². The van der Waals surface area contributed by atoms with Gasteiger partial charge in [-0.05, 0) is 12.1 Å². The van der Waals surface area contributed by atoms with Gasteiger partial charge in [-0.3, -0.25) is 4.79 Å². The minimum Gasteiger partial charge on any atom is -0.340 e. The number of hydrogen-bond acceptors (Lipinski definition) is 2. The highest BCUT2D eigenvalue weighted by molar-refractivity contribution is 5.95. The molecular formula is C11H13F3N2O. The van der Waals surface area contributed by atoms with Crippen LogP contribution >= 0.6 is 0 Å². The summed E-state index contributed by atoms with van der Waals surface area (Å²) < 4.78 is 38.0. The molecule has 0 aromatic heterocycles. The smallest absolute Gasteiger partial charge is 0.340 e. The fraction of sp³-hybridized carbons (Fsp3) is 0.364. The summed E-state index contributed by atoms with van der Waals surface area (Å²) in [4.78, 5) is 12.9. The standard InChI is InChI=1S/C11H13F3N2O/c1-16(7-6-15)10(17)8-4-2-3-5-9(8)11(12,13)14/h2-5H,6-7,15H2,1H3. The third-order valence-corrected chi connectivity index (χ3v) is 2.27. The number of benzene rings is 1. The first-order valence-corrected chi connectivity index (χ1v) is 4.99. The molecule has 0 atom stereocenters. The molecule has 0 aliphatic carbocycles. The summed E-state index contributed by atoms with van der Waals surface area (Å²) in [6.07, 6.45) is -4.53. The molecule has 1 amide bonds. The first-order chi connectivity index (χ1) is 7.88. The normalized spacial score (nSPS) is 11.4. The number of carbonyl (C=O) groups excluding carboxylic acids is 1. The van der Waals surface area contributed by atoms with Crippen molar-refractivity contribution < 1.29 is 18.0 Å². The summed E-state index contributed by atoms with van der Waals surface area (Å²) in [5.74, 6) is -0.677. The van der Waals surface area contributed by atoms with Crippen molar-refractivity contribution in [3.63, 3.8) is 0 Å². The number of carbonyl (C=O) groups is 1. The molecule has 0 radical (unpaired) electrons. The summed E-state index contributed by atoms with van der Waals surface area (Å²) in [5, 5.41) is 0. The van der Waals surface area contributed by atoms with Gasteiger partial charge in [-0.2, -0.15) is 13.2 Å². The largest absolute Gasteiger partial charge is 0.417 e. The topological polar surface area (TPSA) is 46.3 Å². The third-order valence-electron chi connectivity index (χ3n) is 2.27. The van der Waals surface area contributed by atoms with Gasteiger partial charge in [0.05, 0.1) is 11.1 Å². The minimum atomic E-state index is -4.53. The van der Waals surface area contributed by atoms with Crippen LogP contribution in [-0.4, -0.2) is 30.9 Å². The summed E-state index contributed by atoms with van der Waals surface area (Å²) in [5.41, 5.74) is 3.98. The van der Waals surface area contributed by atoms with Crippen LogP contribution in [0.3, 0.4) is 0 Å². The number of amides is 1. The number of nitrogens with two attached hydrogens (primary N) is 1. The van der Waals surface area contributed by atoms with E-state index in [1.165, 1.54) is 24.1 Å². The van der Waals surface area contributed by atoms with E-state index in [4.69, 9.17) is 5.73 Å². The maximum atomic E-state index is 12.7. The van der Waals surface area contributed by atoms with E-state index in [9.17, 15) is 18.0 Å². The van der Waals surface area contributed by atoms with E-state index < -0.39 is 17.6 Å². The van der Waals surface area contributed by atoms with E-state index in [1.54, 1.807) is 0 Å². The highest BCUT2D eigenvalue weighted by atomic mass is 19.4. The SMILES string of the molecule is CN(CCN)C(=O)c1ccccc1C(F)(F)F. The molecule has 0 aliphatic heterocycles. The van der Waals surface area contributed by atoms with Crippen LogP contribution in [0, 0.1) is 0 Å². The van der Waals surface area contributed by atoms with Crippen molar-refractivity contribution in [3.8, 4) is 0 Å². The van der Waals surface area contributed by atoms with Gasteiger partial charge in [-0.25, -0.2) is 0 Å². The van der Waals surface area contributed by atoms with Gasteiger partial charge < -0.3 is 10.6 Å². The number of halogens is 3. The molecule has 0 saturated heterocycles. The lowest BCUT2D eigenvalue weighted by Gasteiger charge is -2.19. The van der Waals surface area contributed by atoms with Gasteiger partial charge in [0.2, 0.25) is 0 Å². The van der Waals surface area contributed by atoms with Gasteiger partial charge in [0.15, 0.2) is 0 Å². The lowest BCUT2D eigenvalue weighted by atomic mass is 10.1. The molecule has 0 spiro atoms. The average molecular weight is 246 g/mol. The zero-order chi connectivity index (χ0) is 13.1. The molecule has 0 saturated carbocycles. The quantitative estimate of drug-likeness (QED) is 0.883. The summed E-state index contributed by atoms with van der Waals surface area (Å²) in [7, 11) is 1.42. The molecule has 0 bridgehead atoms. The van der Waals surface area contributed by atoms with Crippen LogP contribution in [0.25, 0.3) is 0 Å². The summed E-state index contributed by atoms with van der Waals surface area (Å²) in [6, 6.07) is 4.71. The Morgan fingerprint density at radius 2 is 1.94 bits per heavy atom. The number of likely N-dealkylation sites (N-methyl/N-ethyl adjacent to an activating group) is 1. The first kappa shape index (κ1) is 13.5. The van der Waals surface area contributed by atoms with Gasteiger partial charge in [-0.15, -0.1) is 0 Å². The molecule has 1 aromatic carbocycles. The Morgan fingerprint density at radius 1 is 1.35 bits per heavy atom. The van der Waals surface area contributed by atoms with Gasteiger partial charge in [-0.1, -0.05) is 12.1 Å². The second-order valence-corrected chi connectivity index (χ2v) is 3.56. The van der Waals surface area contributed by atoms with Crippen molar-refractivity contribution in [2.45, 2.75) is 6.18 Å². The maximum Gasteiger partial charge on any atom is 0.417 e. The van der Waals surface area contributed by atoms with Crippen LogP contribution in [0.5, 0.6) is 0 Å². The van der Waals surface area contributed by atoms with E-state index in [0.29, 0.717) is 0 Å². The highest BCUT2D eigenvalue weighted by Gasteiger charge is 2.35. The fourth-order valence-corrected chi connectivity index (χ4v) is 1.42. The van der Waals surface area contributed by atoms with Crippen LogP contribution in [0.4, 0.5) is 13.2 Å². The first-order valence-electron chi connectivity index (χ1n) is 4.99. The number of hydrogen-bond donors (Lipinski definition) is 1. The van der Waals surface area contributed by atoms with E-state index in [1.807, 2.05) is 0 Å². The van der Waals surface area contributed by atoms with E-state index in [0.717, 1.165) is 12.1 Å². The van der Waals surface area contributed by atoms with E-state index >= 15 is 0 Å². The van der Waals surface area contributed by atoms with Crippen molar-refractivity contribution in [1.29, 1.82) is 0 Å². The Bertz CT molecular complexity index is 404. The van der Waals surface area contributed by atoms with Gasteiger partial charge in [0.1, 0.15) is 0 Å². The lowest BCUT2D eigenvalue weighted by molar-refractivity contribution is -0.138. The predicted octanol–water partition coefficient (Wildman–Crippen LogP) is 1.74. The maximum absolute atomic E-state index is 12.7. The monoisotopic (exact) mass is 246 g/mol. The number of alkyl halides is 3. The van der Waals surface area contributed by atoms with Crippen LogP contribution in [-0.2, 0) is 6.18 Å². The molecule has 2 N–H and O–H groups in total. The van der Waals surface area contributed by atoms with Crippen molar-refractivity contribution in [3.05, 3.63) is 35.4 Å². The Kier molecular flexibility index (Phi) is 4.11. The lowest BCUT2D eigenvalue weighted by Crippen LogP contribution is -2.33. The zero-order valence-electron chi connectivity index (χ0n) is 9.29. The molecule has 94 valence electrons. The second-order valence-electron chi connectivity index (χ2n) is 3.56. The molecule has 17 heavy (non-hydrogen) atoms. The molecule has 0 unspecified atom stereocenters. The second kappa shape index (κ2) is 5.18. The van der Waals surface area contributed by atoms with Crippen LogP contribution < -0.4 is 5.73 Å². The van der Waals surface area contributed by atoms with Crippen molar-refractivity contribution in [1.82, 2.24) is 4.90 Å². The fourth-order valence-electron chi connectivity index (χ4n) is 1.42. The summed E-state index contributed by atoms with van der Waals surface area (Å²) >= 11 is 0. The minimum absolute atomic E-state index is 0.205. The molecule has 3 nitrogen and oxygen atoms in total. The molecule has 0 heterocycles. The molecule has 0 aliphatic rings. The molecule has 1 aromatic rings. The van der Waals surface area contributed by atoms with E-state index in [-0.39, 0.29) is 18.7 Å². The van der Waals surface area contributed by atoms with Gasteiger partial charge in [0.25, 0.3) is 5.91 Å². The summed E-state index contributed by atoms with van der Waals surface area (Å²) in [6.45, 7) is 0.418. The zero-order valence-corrected chi connectivity index (χ0v) is 9.29. The van der Waals surface area contributed by atoms with Crippen LogP contribution in [0.2, 0.25) is 0 Å². The predicted molar refractivity (Wildman–Crippen MR) is 57.5 cm³/mol. The molecule has 0 fully saturated rings. The molecule has 6 heteroatoms. The van der Waals surface area contributed by atoms with Crippen molar-refractivity contribution in [2.24, 2.45) is 5.73 Å². The van der Waals surface area contributed by atoms with Crippen LogP contribution in [0.1, 0.15) is 15.9 Å². The number of rotatable bonds is 3. The Morgan fingerprint density at radius 3 is 2.47 bits per heavy atom. The van der Waals surface area contributed by atoms with E-state index in [2.05, 4.69) is 0 Å². The Hall–Kier alpha value is -1.56.